The molecule has 0 bridgehead atoms. The van der Waals surface area contributed by atoms with Crippen LogP contribution in [0.1, 0.15) is 26.7 Å². The minimum atomic E-state index is 0.289. The molecule has 0 heterocycles. The molecular formula is C6H14NO. The van der Waals surface area contributed by atoms with E-state index >= 15 is 0 Å². The van der Waals surface area contributed by atoms with Crippen LogP contribution in [0.25, 0.3) is 0 Å². The first kappa shape index (κ1) is 7.92. The molecule has 0 aliphatic carbocycles. The highest BCUT2D eigenvalue weighted by Crippen LogP contribution is 1.96. The summed E-state index contributed by atoms with van der Waals surface area (Å²) in [4.78, 5) is 4.92. The number of hydroxylamine groups is 1. The summed E-state index contributed by atoms with van der Waals surface area (Å²) >= 11 is 0. The molecule has 0 aromatic rings. The molecule has 2 heteroatoms. The van der Waals surface area contributed by atoms with Crippen LogP contribution < -0.4 is 5.48 Å². The van der Waals surface area contributed by atoms with Gasteiger partial charge in [0.05, 0.1) is 6.10 Å². The Morgan fingerprint density at radius 1 is 1.75 bits per heavy atom. The molecule has 0 spiro atoms. The smallest absolute Gasteiger partial charge is 0.0762 e. The Balaban J connectivity index is 2.92. The number of hydrogen-bond acceptors (Lipinski definition) is 2. The quantitative estimate of drug-likeness (QED) is 0.562. The second kappa shape index (κ2) is 5.06. The van der Waals surface area contributed by atoms with Gasteiger partial charge in [0, 0.05) is 7.05 Å². The monoisotopic (exact) mass is 116 g/mol. The fourth-order valence-electron chi connectivity index (χ4n) is 0.608. The molecule has 0 aromatic carbocycles. The first-order valence-electron chi connectivity index (χ1n) is 2.99. The lowest BCUT2D eigenvalue weighted by Gasteiger charge is -2.07. The van der Waals surface area contributed by atoms with Gasteiger partial charge in [0.15, 0.2) is 0 Å². The van der Waals surface area contributed by atoms with Gasteiger partial charge >= 0.3 is 0 Å². The van der Waals surface area contributed by atoms with Crippen LogP contribution in [-0.4, -0.2) is 6.10 Å². The predicted molar refractivity (Wildman–Crippen MR) is 33.9 cm³/mol. The second-order valence-electron chi connectivity index (χ2n) is 1.86. The van der Waals surface area contributed by atoms with Crippen molar-refractivity contribution in [1.82, 2.24) is 5.48 Å². The standard InChI is InChI=1S/C6H14NO/c1-4-5-6(2)8-7-3/h6-7H,3-5H2,1-2H3. The molecule has 0 saturated heterocycles. The van der Waals surface area contributed by atoms with Crippen LogP contribution in [0.2, 0.25) is 0 Å². The number of rotatable bonds is 4. The molecular weight excluding hydrogens is 102 g/mol. The van der Waals surface area contributed by atoms with Crippen molar-refractivity contribution in [3.63, 3.8) is 0 Å². The van der Waals surface area contributed by atoms with Crippen molar-refractivity contribution in [2.75, 3.05) is 0 Å². The zero-order valence-electron chi connectivity index (χ0n) is 5.61. The van der Waals surface area contributed by atoms with Gasteiger partial charge in [-0.1, -0.05) is 13.3 Å². The molecule has 8 heavy (non-hydrogen) atoms. The van der Waals surface area contributed by atoms with Gasteiger partial charge in [-0.3, -0.25) is 4.84 Å². The van der Waals surface area contributed by atoms with Gasteiger partial charge in [0.2, 0.25) is 0 Å². The minimum absolute atomic E-state index is 0.289. The van der Waals surface area contributed by atoms with E-state index in [0.29, 0.717) is 0 Å². The van der Waals surface area contributed by atoms with E-state index in [2.05, 4.69) is 19.5 Å². The topological polar surface area (TPSA) is 21.3 Å². The van der Waals surface area contributed by atoms with Crippen molar-refractivity contribution in [1.29, 1.82) is 0 Å². The SMILES string of the molecule is [CH2]NOC(C)CCC. The molecule has 49 valence electrons. The summed E-state index contributed by atoms with van der Waals surface area (Å²) in [5.74, 6) is 0. The van der Waals surface area contributed by atoms with E-state index in [4.69, 9.17) is 4.84 Å². The summed E-state index contributed by atoms with van der Waals surface area (Å²) in [7, 11) is 3.34. The van der Waals surface area contributed by atoms with Crippen LogP contribution in [0, 0.1) is 7.05 Å². The Morgan fingerprint density at radius 2 is 2.38 bits per heavy atom. The second-order valence-corrected chi connectivity index (χ2v) is 1.86. The van der Waals surface area contributed by atoms with Gasteiger partial charge < -0.3 is 0 Å². The van der Waals surface area contributed by atoms with Gasteiger partial charge in [-0.15, -0.1) is 0 Å². The molecule has 1 atom stereocenters. The average molecular weight is 116 g/mol. The van der Waals surface area contributed by atoms with E-state index in [-0.39, 0.29) is 6.10 Å². The minimum Gasteiger partial charge on any atom is -0.299 e. The van der Waals surface area contributed by atoms with E-state index in [0.717, 1.165) is 12.8 Å². The van der Waals surface area contributed by atoms with Gasteiger partial charge in [-0.2, -0.15) is 0 Å². The molecule has 0 amide bonds. The lowest BCUT2D eigenvalue weighted by molar-refractivity contribution is 0.00352. The summed E-state index contributed by atoms with van der Waals surface area (Å²) < 4.78 is 0. The third-order valence-corrected chi connectivity index (χ3v) is 0.980. The van der Waals surface area contributed by atoms with Crippen molar-refractivity contribution < 1.29 is 4.84 Å². The van der Waals surface area contributed by atoms with E-state index in [9.17, 15) is 0 Å². The highest BCUT2D eigenvalue weighted by molar-refractivity contribution is 4.44. The van der Waals surface area contributed by atoms with Crippen LogP contribution in [0.15, 0.2) is 0 Å². The van der Waals surface area contributed by atoms with E-state index in [1.165, 1.54) is 0 Å². The maximum absolute atomic E-state index is 4.92. The van der Waals surface area contributed by atoms with Gasteiger partial charge in [0.25, 0.3) is 0 Å². The highest BCUT2D eigenvalue weighted by Gasteiger charge is 1.95. The maximum atomic E-state index is 4.92. The number of hydrogen-bond donors (Lipinski definition) is 1. The largest absolute Gasteiger partial charge is 0.299 e. The fraction of sp³-hybridized carbons (Fsp3) is 0.833. The Bertz CT molecular complexity index is 41.8. The number of nitrogens with one attached hydrogen (secondary N) is 1. The lowest BCUT2D eigenvalue weighted by Crippen LogP contribution is -2.15. The molecule has 2 nitrogen and oxygen atoms in total. The van der Waals surface area contributed by atoms with Gasteiger partial charge in [-0.25, -0.2) is 5.48 Å². The molecule has 0 aliphatic heterocycles. The summed E-state index contributed by atoms with van der Waals surface area (Å²) in [6, 6.07) is 0. The summed E-state index contributed by atoms with van der Waals surface area (Å²) in [5, 5.41) is 0. The lowest BCUT2D eigenvalue weighted by atomic mass is 10.2. The van der Waals surface area contributed by atoms with Crippen LogP contribution in [0.4, 0.5) is 0 Å². The first-order chi connectivity index (χ1) is 3.81. The van der Waals surface area contributed by atoms with Crippen LogP contribution in [0.3, 0.4) is 0 Å². The van der Waals surface area contributed by atoms with Crippen LogP contribution in [0.5, 0.6) is 0 Å². The van der Waals surface area contributed by atoms with Crippen molar-refractivity contribution in [2.24, 2.45) is 0 Å². The molecule has 0 saturated carbocycles. The van der Waals surface area contributed by atoms with Crippen LogP contribution >= 0.6 is 0 Å². The first-order valence-corrected chi connectivity index (χ1v) is 2.99. The Morgan fingerprint density at radius 3 is 2.75 bits per heavy atom. The molecule has 1 radical (unpaired) electrons. The summed E-state index contributed by atoms with van der Waals surface area (Å²) in [6.07, 6.45) is 2.53. The summed E-state index contributed by atoms with van der Waals surface area (Å²) in [6.45, 7) is 4.14. The Hall–Kier alpha value is -0.0800. The Kier molecular flexibility index (Phi) is 5.01. The third kappa shape index (κ3) is 4.09. The third-order valence-electron chi connectivity index (χ3n) is 0.980. The Labute approximate surface area is 51.2 Å². The fourth-order valence-corrected chi connectivity index (χ4v) is 0.608. The molecule has 0 rings (SSSR count). The van der Waals surface area contributed by atoms with Crippen molar-refractivity contribution >= 4 is 0 Å². The average Bonchev–Trinajstić information content (AvgIpc) is 1.68. The molecule has 1 unspecified atom stereocenters. The van der Waals surface area contributed by atoms with E-state index in [1.807, 2.05) is 6.92 Å². The van der Waals surface area contributed by atoms with E-state index in [1.54, 1.807) is 0 Å². The normalized spacial score (nSPS) is 13.9. The molecule has 0 aromatic heterocycles. The van der Waals surface area contributed by atoms with Crippen molar-refractivity contribution in [3.05, 3.63) is 7.05 Å². The van der Waals surface area contributed by atoms with Crippen molar-refractivity contribution in [3.8, 4) is 0 Å². The van der Waals surface area contributed by atoms with Crippen molar-refractivity contribution in [2.45, 2.75) is 32.8 Å². The van der Waals surface area contributed by atoms with Gasteiger partial charge in [0.1, 0.15) is 0 Å². The van der Waals surface area contributed by atoms with Crippen LogP contribution in [-0.2, 0) is 4.84 Å². The predicted octanol–water partition coefficient (Wildman–Crippen LogP) is 1.49. The van der Waals surface area contributed by atoms with E-state index < -0.39 is 0 Å². The zero-order chi connectivity index (χ0) is 6.41. The summed E-state index contributed by atoms with van der Waals surface area (Å²) in [5.41, 5.74) is 2.40. The van der Waals surface area contributed by atoms with Gasteiger partial charge in [-0.05, 0) is 13.3 Å². The highest BCUT2D eigenvalue weighted by atomic mass is 16.7. The molecule has 0 fully saturated rings. The zero-order valence-corrected chi connectivity index (χ0v) is 5.61. The molecule has 1 N–H and O–H groups in total. The molecule has 0 aliphatic rings. The maximum Gasteiger partial charge on any atom is 0.0762 e.